The molecule has 4 aliphatic carbocycles. The van der Waals surface area contributed by atoms with Crippen LogP contribution in [0.15, 0.2) is 0 Å². The van der Waals surface area contributed by atoms with Crippen LogP contribution >= 0.6 is 0 Å². The molecule has 0 bridgehead atoms. The molecule has 48 heavy (non-hydrogen) atoms. The Kier molecular flexibility index (Phi) is 16.7. The van der Waals surface area contributed by atoms with Crippen molar-refractivity contribution in [1.29, 1.82) is 0 Å². The van der Waals surface area contributed by atoms with Crippen LogP contribution in [0, 0.1) is 52.3 Å². The van der Waals surface area contributed by atoms with Crippen molar-refractivity contribution in [2.45, 2.75) is 227 Å². The Labute approximate surface area is 299 Å². The summed E-state index contributed by atoms with van der Waals surface area (Å²) in [4.78, 5) is 13.7. The van der Waals surface area contributed by atoms with Gasteiger partial charge in [0.05, 0.1) is 0 Å². The van der Waals surface area contributed by atoms with Crippen LogP contribution in [0.4, 0.5) is 0 Å². The molecule has 0 saturated heterocycles. The smallest absolute Gasteiger partial charge is 0.335 e. The summed E-state index contributed by atoms with van der Waals surface area (Å²) in [6, 6.07) is 0. The van der Waals surface area contributed by atoms with Crippen LogP contribution in [-0.4, -0.2) is 23.3 Å². The molecule has 0 heterocycles. The maximum absolute atomic E-state index is 13.7. The van der Waals surface area contributed by atoms with Crippen molar-refractivity contribution in [1.82, 2.24) is 0 Å². The van der Waals surface area contributed by atoms with E-state index in [1.165, 1.54) is 148 Å². The van der Waals surface area contributed by atoms with Crippen molar-refractivity contribution in [2.24, 2.45) is 52.3 Å². The minimum atomic E-state index is -0.963. The highest BCUT2D eigenvalue weighted by Crippen LogP contribution is 2.69. The number of aliphatic hydroxyl groups is 1. The van der Waals surface area contributed by atoms with Gasteiger partial charge in [0.2, 0.25) is 0 Å². The van der Waals surface area contributed by atoms with Gasteiger partial charge in [-0.05, 0) is 98.2 Å². The highest BCUT2D eigenvalue weighted by molar-refractivity contribution is 5.74. The van der Waals surface area contributed by atoms with Crippen molar-refractivity contribution >= 4 is 5.97 Å². The van der Waals surface area contributed by atoms with Crippen LogP contribution in [-0.2, 0) is 9.53 Å². The van der Waals surface area contributed by atoms with Gasteiger partial charge in [0.15, 0.2) is 6.10 Å². The van der Waals surface area contributed by atoms with Gasteiger partial charge in [-0.1, -0.05) is 164 Å². The van der Waals surface area contributed by atoms with E-state index < -0.39 is 6.10 Å². The van der Waals surface area contributed by atoms with E-state index in [0.717, 1.165) is 37.0 Å². The second-order valence-corrected chi connectivity index (χ2v) is 18.8. The second kappa shape index (κ2) is 19.9. The third-order valence-corrected chi connectivity index (χ3v) is 15.2. The summed E-state index contributed by atoms with van der Waals surface area (Å²) in [7, 11) is 0. The first-order valence-electron chi connectivity index (χ1n) is 22.0. The Bertz CT molecular complexity index is 914. The quantitative estimate of drug-likeness (QED) is 0.0921. The molecule has 4 fully saturated rings. The van der Waals surface area contributed by atoms with E-state index in [-0.39, 0.29) is 17.5 Å². The molecular weight excluding hydrogens is 588 g/mol. The van der Waals surface area contributed by atoms with Crippen LogP contribution < -0.4 is 0 Å². The Balaban J connectivity index is 1.27. The Morgan fingerprint density at radius 1 is 0.708 bits per heavy atom. The van der Waals surface area contributed by atoms with Crippen molar-refractivity contribution in [3.05, 3.63) is 0 Å². The van der Waals surface area contributed by atoms with Gasteiger partial charge >= 0.3 is 5.97 Å². The van der Waals surface area contributed by atoms with Crippen molar-refractivity contribution in [2.75, 3.05) is 0 Å². The van der Waals surface area contributed by atoms with Gasteiger partial charge in [-0.3, -0.25) is 0 Å². The fraction of sp³-hybridized carbons (Fsp3) is 0.978. The lowest BCUT2D eigenvalue weighted by atomic mass is 9.44. The first-order valence-corrected chi connectivity index (χ1v) is 22.0. The molecule has 0 aromatic carbocycles. The average molecular weight is 671 g/mol. The number of carbonyl (C=O) groups is 1. The largest absolute Gasteiger partial charge is 0.460 e. The van der Waals surface area contributed by atoms with Gasteiger partial charge in [0.1, 0.15) is 6.10 Å². The number of hydrogen-bond donors (Lipinski definition) is 1. The fourth-order valence-electron chi connectivity index (χ4n) is 12.3. The van der Waals surface area contributed by atoms with E-state index >= 15 is 0 Å². The van der Waals surface area contributed by atoms with Gasteiger partial charge < -0.3 is 9.84 Å². The van der Waals surface area contributed by atoms with Crippen LogP contribution in [0.5, 0.6) is 0 Å². The lowest BCUT2D eigenvalue weighted by Gasteiger charge is -2.62. The Hall–Kier alpha value is -0.570. The molecule has 10 atom stereocenters. The number of unbranched alkanes of at least 4 members (excludes halogenated alkanes) is 13. The molecule has 0 aromatic rings. The summed E-state index contributed by atoms with van der Waals surface area (Å²) in [6.45, 7) is 14.7. The summed E-state index contributed by atoms with van der Waals surface area (Å²) in [5, 5.41) is 11.1. The Morgan fingerprint density at radius 3 is 1.96 bits per heavy atom. The van der Waals surface area contributed by atoms with E-state index in [1.807, 2.05) is 0 Å². The molecule has 3 nitrogen and oxygen atoms in total. The minimum Gasteiger partial charge on any atom is -0.460 e. The maximum atomic E-state index is 13.7. The minimum absolute atomic E-state index is 0.0419. The monoisotopic (exact) mass is 671 g/mol. The van der Waals surface area contributed by atoms with E-state index in [2.05, 4.69) is 41.5 Å². The van der Waals surface area contributed by atoms with Crippen LogP contribution in [0.3, 0.4) is 0 Å². The zero-order chi connectivity index (χ0) is 34.6. The zero-order valence-corrected chi connectivity index (χ0v) is 33.1. The maximum Gasteiger partial charge on any atom is 0.335 e. The van der Waals surface area contributed by atoms with E-state index in [1.54, 1.807) is 0 Å². The molecular formula is C45H82O3. The molecule has 1 N–H and O–H groups in total. The summed E-state index contributed by atoms with van der Waals surface area (Å²) < 4.78 is 6.65. The molecule has 3 heteroatoms. The van der Waals surface area contributed by atoms with Crippen molar-refractivity contribution in [3.8, 4) is 0 Å². The normalized spacial score (nSPS) is 34.3. The third-order valence-electron chi connectivity index (χ3n) is 15.2. The molecule has 3 unspecified atom stereocenters. The van der Waals surface area contributed by atoms with E-state index in [9.17, 15) is 9.90 Å². The second-order valence-electron chi connectivity index (χ2n) is 18.8. The van der Waals surface area contributed by atoms with Crippen LogP contribution in [0.2, 0.25) is 0 Å². The summed E-state index contributed by atoms with van der Waals surface area (Å²) >= 11 is 0. The van der Waals surface area contributed by atoms with Gasteiger partial charge in [0, 0.05) is 5.41 Å². The van der Waals surface area contributed by atoms with Crippen LogP contribution in [0.1, 0.15) is 215 Å². The molecule has 0 spiro atoms. The Morgan fingerprint density at radius 2 is 1.33 bits per heavy atom. The highest BCUT2D eigenvalue weighted by Gasteiger charge is 2.64. The number of esters is 1. The van der Waals surface area contributed by atoms with Gasteiger partial charge in [-0.25, -0.2) is 4.79 Å². The first-order chi connectivity index (χ1) is 23.1. The zero-order valence-electron chi connectivity index (χ0n) is 33.1. The number of carbonyl (C=O) groups excluding carboxylic acids is 1. The van der Waals surface area contributed by atoms with Crippen LogP contribution in [0.25, 0.3) is 0 Å². The van der Waals surface area contributed by atoms with Gasteiger partial charge in [0.25, 0.3) is 0 Å². The molecule has 280 valence electrons. The summed E-state index contributed by atoms with van der Waals surface area (Å²) in [5.41, 5.74) is 0.446. The lowest BCUT2D eigenvalue weighted by molar-refractivity contribution is -0.200. The van der Waals surface area contributed by atoms with E-state index in [0.29, 0.717) is 35.5 Å². The number of aliphatic hydroxyl groups excluding tert-OH is 1. The first kappa shape index (κ1) is 40.2. The van der Waals surface area contributed by atoms with Crippen molar-refractivity contribution in [3.63, 3.8) is 0 Å². The number of ether oxygens (including phenoxy) is 1. The summed E-state index contributed by atoms with van der Waals surface area (Å²) in [5.74, 6) is 4.71. The van der Waals surface area contributed by atoms with Crippen molar-refractivity contribution < 1.29 is 14.6 Å². The number of fused-ring (bicyclic) bond motifs is 5. The highest BCUT2D eigenvalue weighted by atomic mass is 16.6. The molecule has 4 rings (SSSR count). The fourth-order valence-corrected chi connectivity index (χ4v) is 12.3. The molecule has 0 radical (unpaired) electrons. The van der Waals surface area contributed by atoms with E-state index in [4.69, 9.17) is 4.74 Å². The number of hydrogen-bond acceptors (Lipinski definition) is 3. The third kappa shape index (κ3) is 10.3. The molecule has 4 aliphatic rings. The SMILES string of the molecule is CCCCCCCCCCCCCCCCC(O)C(=O)OC1C[C@H]2[C@@H](CCC3CCCC[C@@]32C)[C@@H]2CC[C@H]([C@H](C)CCCC(C)C)[C@@]12C. The van der Waals surface area contributed by atoms with Gasteiger partial charge in [-0.2, -0.15) is 0 Å². The summed E-state index contributed by atoms with van der Waals surface area (Å²) in [6.07, 6.45) is 33.9. The molecule has 0 aromatic heterocycles. The molecule has 0 aliphatic heterocycles. The predicted molar refractivity (Wildman–Crippen MR) is 204 cm³/mol. The number of rotatable bonds is 22. The predicted octanol–water partition coefficient (Wildman–Crippen LogP) is 13.3. The average Bonchev–Trinajstić information content (AvgIpc) is 3.43. The molecule has 4 saturated carbocycles. The topological polar surface area (TPSA) is 46.5 Å². The lowest BCUT2D eigenvalue weighted by Crippen LogP contribution is -2.59. The standard InChI is InChI=1S/C45H82O3/c1-7-8-9-10-11-12-13-14-15-16-17-18-19-20-27-41(46)43(47)48-42-33-40-37(29-28-36-26-21-22-32-44(36,40)5)39-31-30-38(45(39,42)6)35(4)25-23-24-34(2)3/h34-42,46H,7-33H2,1-6H3/t35-,36?,37+,38-,39+,40+,41?,42?,44+,45-/m1/s1. The molecule has 0 amide bonds. The van der Waals surface area contributed by atoms with Gasteiger partial charge in [-0.15, -0.1) is 0 Å².